The van der Waals surface area contributed by atoms with Crippen LogP contribution in [0.3, 0.4) is 0 Å². The van der Waals surface area contributed by atoms with Gasteiger partial charge in [0.1, 0.15) is 0 Å². The number of piperidine rings is 1. The van der Waals surface area contributed by atoms with E-state index in [4.69, 9.17) is 4.74 Å². The van der Waals surface area contributed by atoms with Gasteiger partial charge in [-0.1, -0.05) is 26.3 Å². The first-order valence-corrected chi connectivity index (χ1v) is 7.72. The Kier molecular flexibility index (Phi) is 5.80. The average molecular weight is 277 g/mol. The highest BCUT2D eigenvalue weighted by Crippen LogP contribution is 2.21. The third-order valence-electron chi connectivity index (χ3n) is 4.18. The summed E-state index contributed by atoms with van der Waals surface area (Å²) in [5.41, 5.74) is 1.10. The Morgan fingerprint density at radius 2 is 2.25 bits per heavy atom. The van der Waals surface area contributed by atoms with Crippen molar-refractivity contribution in [2.75, 3.05) is 26.7 Å². The smallest absolute Gasteiger partial charge is 0.213 e. The molecular weight excluding hydrogens is 250 g/mol. The highest BCUT2D eigenvalue weighted by Gasteiger charge is 2.27. The molecule has 1 fully saturated rings. The van der Waals surface area contributed by atoms with Crippen molar-refractivity contribution in [2.45, 2.75) is 39.3 Å². The molecule has 0 spiro atoms. The van der Waals surface area contributed by atoms with Crippen LogP contribution in [0.25, 0.3) is 0 Å². The Hall–Kier alpha value is -1.13. The van der Waals surface area contributed by atoms with Gasteiger partial charge in [-0.15, -0.1) is 0 Å². The van der Waals surface area contributed by atoms with E-state index in [0.717, 1.165) is 37.8 Å². The van der Waals surface area contributed by atoms with Crippen LogP contribution in [0.2, 0.25) is 0 Å². The zero-order chi connectivity index (χ0) is 14.4. The molecule has 4 nitrogen and oxygen atoms in total. The Bertz CT molecular complexity index is 410. The molecule has 0 aliphatic carbocycles. The van der Waals surface area contributed by atoms with Gasteiger partial charge < -0.3 is 10.1 Å². The molecule has 1 aliphatic rings. The fourth-order valence-electron chi connectivity index (χ4n) is 3.08. The number of hydrogen-bond donors (Lipinski definition) is 1. The Morgan fingerprint density at radius 3 is 2.95 bits per heavy atom. The van der Waals surface area contributed by atoms with Crippen LogP contribution in [0.1, 0.15) is 32.4 Å². The molecule has 112 valence electrons. The van der Waals surface area contributed by atoms with E-state index in [9.17, 15) is 0 Å². The number of ether oxygens (including phenoxy) is 1. The molecule has 2 rings (SSSR count). The lowest BCUT2D eigenvalue weighted by molar-refractivity contribution is 0.128. The Balaban J connectivity index is 1.93. The van der Waals surface area contributed by atoms with Crippen LogP contribution in [0.4, 0.5) is 0 Å². The number of pyridine rings is 1. The van der Waals surface area contributed by atoms with Gasteiger partial charge in [0.05, 0.1) is 12.8 Å². The zero-order valence-electron chi connectivity index (χ0n) is 12.9. The molecule has 4 heteroatoms. The van der Waals surface area contributed by atoms with Crippen LogP contribution < -0.4 is 10.1 Å². The van der Waals surface area contributed by atoms with Crippen molar-refractivity contribution in [1.82, 2.24) is 15.2 Å². The molecule has 0 amide bonds. The summed E-state index contributed by atoms with van der Waals surface area (Å²) >= 11 is 0. The summed E-state index contributed by atoms with van der Waals surface area (Å²) in [4.78, 5) is 7.03. The second kappa shape index (κ2) is 7.60. The topological polar surface area (TPSA) is 37.4 Å². The summed E-state index contributed by atoms with van der Waals surface area (Å²) in [6.07, 6.45) is 2.47. The molecule has 0 bridgehead atoms. The number of nitrogens with one attached hydrogen (secondary N) is 1. The van der Waals surface area contributed by atoms with E-state index >= 15 is 0 Å². The van der Waals surface area contributed by atoms with Gasteiger partial charge in [-0.25, -0.2) is 4.98 Å². The van der Waals surface area contributed by atoms with Gasteiger partial charge in [-0.3, -0.25) is 4.90 Å². The van der Waals surface area contributed by atoms with E-state index < -0.39 is 0 Å². The maximum Gasteiger partial charge on any atom is 0.213 e. The minimum atomic E-state index is 0.680. The molecule has 0 radical (unpaired) electrons. The summed E-state index contributed by atoms with van der Waals surface area (Å²) in [6, 6.07) is 6.68. The monoisotopic (exact) mass is 277 g/mol. The van der Waals surface area contributed by atoms with Crippen LogP contribution in [-0.4, -0.2) is 42.7 Å². The van der Waals surface area contributed by atoms with Gasteiger partial charge in [0.15, 0.2) is 0 Å². The van der Waals surface area contributed by atoms with E-state index in [1.165, 1.54) is 12.8 Å². The quantitative estimate of drug-likeness (QED) is 0.866. The van der Waals surface area contributed by atoms with Crippen molar-refractivity contribution < 1.29 is 4.74 Å². The molecule has 1 aromatic heterocycles. The average Bonchev–Trinajstić information content (AvgIpc) is 2.49. The predicted molar refractivity (Wildman–Crippen MR) is 81.9 cm³/mol. The Morgan fingerprint density at radius 1 is 1.40 bits per heavy atom. The lowest BCUT2D eigenvalue weighted by Crippen LogP contribution is -2.48. The molecule has 1 N–H and O–H groups in total. The molecule has 2 unspecified atom stereocenters. The van der Waals surface area contributed by atoms with Crippen molar-refractivity contribution in [3.8, 4) is 5.88 Å². The van der Waals surface area contributed by atoms with Crippen LogP contribution in [-0.2, 0) is 6.54 Å². The maximum absolute atomic E-state index is 5.20. The van der Waals surface area contributed by atoms with Crippen LogP contribution in [0, 0.1) is 5.92 Å². The van der Waals surface area contributed by atoms with Crippen molar-refractivity contribution in [2.24, 2.45) is 5.92 Å². The van der Waals surface area contributed by atoms with Gasteiger partial charge in [0, 0.05) is 31.7 Å². The lowest BCUT2D eigenvalue weighted by Gasteiger charge is -2.38. The molecule has 1 aromatic rings. The number of aromatic nitrogens is 1. The van der Waals surface area contributed by atoms with E-state index in [2.05, 4.69) is 35.1 Å². The van der Waals surface area contributed by atoms with Crippen LogP contribution in [0.15, 0.2) is 18.2 Å². The molecule has 2 heterocycles. The predicted octanol–water partition coefficient (Wildman–Crippen LogP) is 2.30. The fourth-order valence-corrected chi connectivity index (χ4v) is 3.08. The second-order valence-corrected chi connectivity index (χ2v) is 5.53. The first-order chi connectivity index (χ1) is 9.76. The summed E-state index contributed by atoms with van der Waals surface area (Å²) in [7, 11) is 1.67. The minimum Gasteiger partial charge on any atom is -0.481 e. The standard InChI is InChI=1S/C16H27N3O/c1-4-13-11-19(10-9-15(13)17-5-2)12-14-7-6-8-16(18-14)20-3/h6-8,13,15,17H,4-5,9-12H2,1-3H3. The van der Waals surface area contributed by atoms with E-state index in [-0.39, 0.29) is 0 Å². The second-order valence-electron chi connectivity index (χ2n) is 5.53. The molecule has 20 heavy (non-hydrogen) atoms. The number of rotatable bonds is 6. The third kappa shape index (κ3) is 3.93. The first kappa shape index (κ1) is 15.3. The normalized spacial score (nSPS) is 23.8. The van der Waals surface area contributed by atoms with E-state index in [1.807, 2.05) is 12.1 Å². The molecule has 0 aromatic carbocycles. The van der Waals surface area contributed by atoms with Gasteiger partial charge in [-0.2, -0.15) is 0 Å². The SMILES string of the molecule is CCNC1CCN(Cc2cccc(OC)n2)CC1CC. The summed E-state index contributed by atoms with van der Waals surface area (Å²) < 4.78 is 5.20. The highest BCUT2D eigenvalue weighted by molar-refractivity contribution is 5.15. The van der Waals surface area contributed by atoms with E-state index in [0.29, 0.717) is 11.9 Å². The van der Waals surface area contributed by atoms with Crippen molar-refractivity contribution in [3.05, 3.63) is 23.9 Å². The van der Waals surface area contributed by atoms with Gasteiger partial charge in [0.2, 0.25) is 5.88 Å². The lowest BCUT2D eigenvalue weighted by atomic mass is 9.90. The first-order valence-electron chi connectivity index (χ1n) is 7.72. The number of hydrogen-bond acceptors (Lipinski definition) is 4. The zero-order valence-corrected chi connectivity index (χ0v) is 12.9. The highest BCUT2D eigenvalue weighted by atomic mass is 16.5. The number of likely N-dealkylation sites (tertiary alicyclic amines) is 1. The van der Waals surface area contributed by atoms with E-state index in [1.54, 1.807) is 7.11 Å². The maximum atomic E-state index is 5.20. The number of methoxy groups -OCH3 is 1. The molecular formula is C16H27N3O. The summed E-state index contributed by atoms with van der Waals surface area (Å²) in [5, 5.41) is 3.63. The van der Waals surface area contributed by atoms with Gasteiger partial charge in [-0.05, 0) is 24.9 Å². The largest absolute Gasteiger partial charge is 0.481 e. The summed E-state index contributed by atoms with van der Waals surface area (Å²) in [6.45, 7) is 8.78. The number of nitrogens with zero attached hydrogens (tertiary/aromatic N) is 2. The molecule has 2 atom stereocenters. The van der Waals surface area contributed by atoms with Crippen LogP contribution >= 0.6 is 0 Å². The molecule has 0 saturated carbocycles. The van der Waals surface area contributed by atoms with Crippen molar-refractivity contribution in [3.63, 3.8) is 0 Å². The minimum absolute atomic E-state index is 0.680. The van der Waals surface area contributed by atoms with Crippen LogP contribution in [0.5, 0.6) is 5.88 Å². The van der Waals surface area contributed by atoms with Crippen molar-refractivity contribution >= 4 is 0 Å². The molecule has 1 aliphatic heterocycles. The molecule has 1 saturated heterocycles. The van der Waals surface area contributed by atoms with Crippen molar-refractivity contribution in [1.29, 1.82) is 0 Å². The van der Waals surface area contributed by atoms with Gasteiger partial charge in [0.25, 0.3) is 0 Å². The summed E-state index contributed by atoms with van der Waals surface area (Å²) in [5.74, 6) is 1.45. The van der Waals surface area contributed by atoms with Gasteiger partial charge >= 0.3 is 0 Å². The Labute approximate surface area is 122 Å². The third-order valence-corrected chi connectivity index (χ3v) is 4.18. The fraction of sp³-hybridized carbons (Fsp3) is 0.688.